The minimum Gasteiger partial charge on any atom is -0.465 e. The topological polar surface area (TPSA) is 231 Å². The van der Waals surface area contributed by atoms with Crippen LogP contribution in [0.2, 0.25) is 0 Å². The highest BCUT2D eigenvalue weighted by molar-refractivity contribution is 9.10. The van der Waals surface area contributed by atoms with Crippen LogP contribution in [0.4, 0.5) is 10.3 Å². The Labute approximate surface area is 389 Å². The molecule has 9 rings (SSSR count). The second-order valence-electron chi connectivity index (χ2n) is 14.5. The number of hydrogen-bond donors (Lipinski definition) is 4. The molecule has 0 bridgehead atoms. The number of nitrogens with zero attached hydrogens (tertiary/aromatic N) is 5. The van der Waals surface area contributed by atoms with Gasteiger partial charge in [-0.05, 0) is 64.5 Å². The SMILES string of the molecule is COC(=O)c1cc2nc(N3CC(CO)C3)sc2cc1Br.COC(=O)c1ccc2sc(N3CC(CO)C3)nc2c1.COC(=O)c1ccc2sc(S(C)(=O)=O)nc2c1.Cl.OCC1CNC1. The molecular weight excluding hydrogens is 984 g/mol. The molecule has 23 heteroatoms. The Bertz CT molecular complexity index is 2660. The predicted octanol–water partition coefficient (Wildman–Crippen LogP) is 4.89. The number of thiazole rings is 3. The van der Waals surface area contributed by atoms with Gasteiger partial charge in [0, 0.05) is 87.6 Å². The smallest absolute Gasteiger partial charge is 0.339 e. The lowest BCUT2D eigenvalue weighted by Gasteiger charge is -2.37. The molecule has 0 atom stereocenters. The highest BCUT2D eigenvalue weighted by Gasteiger charge is 2.30. The van der Waals surface area contributed by atoms with Crippen LogP contribution in [0.3, 0.4) is 0 Å². The van der Waals surface area contributed by atoms with E-state index in [1.54, 1.807) is 53.0 Å². The van der Waals surface area contributed by atoms with Crippen LogP contribution in [-0.4, -0.2) is 143 Å². The summed E-state index contributed by atoms with van der Waals surface area (Å²) < 4.78 is 40.2. The number of benzene rings is 3. The molecule has 0 spiro atoms. The number of carbonyl (C=O) groups excluding carboxylic acids is 3. The van der Waals surface area contributed by atoms with Crippen LogP contribution < -0.4 is 15.1 Å². The van der Waals surface area contributed by atoms with Gasteiger partial charge < -0.3 is 44.6 Å². The maximum atomic E-state index is 11.7. The van der Waals surface area contributed by atoms with E-state index in [0.717, 1.165) is 92.3 Å². The Morgan fingerprint density at radius 2 is 1.13 bits per heavy atom. The Morgan fingerprint density at radius 1 is 0.683 bits per heavy atom. The fourth-order valence-electron chi connectivity index (χ4n) is 6.10. The van der Waals surface area contributed by atoms with Gasteiger partial charge in [0.2, 0.25) is 14.2 Å². The molecule has 3 aliphatic heterocycles. The van der Waals surface area contributed by atoms with E-state index >= 15 is 0 Å². The van der Waals surface area contributed by atoms with Gasteiger partial charge in [-0.25, -0.2) is 37.8 Å². The van der Waals surface area contributed by atoms with Gasteiger partial charge >= 0.3 is 17.9 Å². The third kappa shape index (κ3) is 12.2. The van der Waals surface area contributed by atoms with Crippen molar-refractivity contribution >= 4 is 131 Å². The van der Waals surface area contributed by atoms with Crippen LogP contribution in [0.15, 0.2) is 57.3 Å². The van der Waals surface area contributed by atoms with Gasteiger partial charge in [-0.3, -0.25) is 0 Å². The molecule has 63 heavy (non-hydrogen) atoms. The molecular formula is C40H46BrClN6O11S4. The zero-order valence-corrected chi connectivity index (χ0v) is 40.1. The van der Waals surface area contributed by atoms with Crippen molar-refractivity contribution in [1.82, 2.24) is 20.3 Å². The fourth-order valence-corrected chi connectivity index (χ4v) is 10.5. The van der Waals surface area contributed by atoms with E-state index in [1.807, 2.05) is 12.1 Å². The van der Waals surface area contributed by atoms with Gasteiger partial charge in [0.1, 0.15) is 0 Å². The molecule has 17 nitrogen and oxygen atoms in total. The molecule has 0 saturated carbocycles. The van der Waals surface area contributed by atoms with Crippen molar-refractivity contribution < 1.29 is 52.3 Å². The van der Waals surface area contributed by atoms with Crippen molar-refractivity contribution in [3.8, 4) is 0 Å². The summed E-state index contributed by atoms with van der Waals surface area (Å²) in [4.78, 5) is 51.8. The lowest BCUT2D eigenvalue weighted by molar-refractivity contribution is 0.0591. The van der Waals surface area contributed by atoms with Crippen LogP contribution in [0.1, 0.15) is 31.1 Å². The Morgan fingerprint density at radius 3 is 1.54 bits per heavy atom. The van der Waals surface area contributed by atoms with E-state index in [0.29, 0.717) is 51.0 Å². The zero-order valence-electron chi connectivity index (χ0n) is 34.5. The van der Waals surface area contributed by atoms with E-state index in [-0.39, 0.29) is 41.9 Å². The number of carbonyl (C=O) groups is 3. The minimum atomic E-state index is -3.31. The minimum absolute atomic E-state index is 0. The van der Waals surface area contributed by atoms with Gasteiger partial charge in [-0.1, -0.05) is 22.7 Å². The molecule has 3 fully saturated rings. The molecule has 340 valence electrons. The zero-order chi connectivity index (χ0) is 44.7. The summed E-state index contributed by atoms with van der Waals surface area (Å²) in [5, 5.41) is 31.3. The van der Waals surface area contributed by atoms with E-state index in [4.69, 9.17) is 24.8 Å². The average Bonchev–Trinajstić information content (AvgIpc) is 3.95. The number of sulfone groups is 1. The summed E-state index contributed by atoms with van der Waals surface area (Å²) in [5.74, 6) is 0.0705. The standard InChI is InChI=1S/C13H13BrN2O3S.C13H14N2O3S.C10H9NO4S2.C4H9NO.ClH/c1-19-12(18)8-2-10-11(3-9(8)14)20-13(15-10)16-4-7(5-16)6-17;1-18-12(17)9-2-3-11-10(4-9)14-13(19-11)15-5-8(6-15)7-16;1-15-9(12)6-3-4-8-7(5-6)11-10(16-8)17(2,13)14;6-3-4-1-5-2-4;/h2-3,7,17H,4-6H2,1H3;2-4,8,16H,5-7H2,1H3;3-5H,1-2H3;4-6H,1-3H2;1H. The normalized spacial score (nSPS) is 15.0. The summed E-state index contributed by atoms with van der Waals surface area (Å²) in [6.45, 7) is 6.19. The lowest BCUT2D eigenvalue weighted by Crippen LogP contribution is -2.48. The summed E-state index contributed by atoms with van der Waals surface area (Å²) in [7, 11) is 0.706. The van der Waals surface area contributed by atoms with Crippen LogP contribution in [0.25, 0.3) is 30.6 Å². The first-order valence-electron chi connectivity index (χ1n) is 19.1. The number of aromatic nitrogens is 3. The molecule has 0 aliphatic carbocycles. The van der Waals surface area contributed by atoms with Crippen molar-refractivity contribution in [2.24, 2.45) is 17.8 Å². The number of aliphatic hydroxyl groups is 3. The lowest BCUT2D eigenvalue weighted by atomic mass is 10.0. The maximum Gasteiger partial charge on any atom is 0.339 e. The second kappa shape index (κ2) is 22.2. The van der Waals surface area contributed by atoms with Crippen LogP contribution in [0, 0.1) is 17.8 Å². The van der Waals surface area contributed by atoms with E-state index < -0.39 is 15.8 Å². The number of aliphatic hydroxyl groups excluding tert-OH is 3. The number of methoxy groups -OCH3 is 3. The summed E-state index contributed by atoms with van der Waals surface area (Å²) in [6, 6.07) is 13.8. The second-order valence-corrected chi connectivity index (χ2v) is 20.6. The van der Waals surface area contributed by atoms with Gasteiger partial charge in [0.25, 0.3) is 0 Å². The molecule has 0 radical (unpaired) electrons. The first-order chi connectivity index (χ1) is 29.7. The number of rotatable bonds is 9. The molecule has 0 amide bonds. The van der Waals surface area contributed by atoms with Gasteiger partial charge in [0.05, 0.1) is 68.7 Å². The first kappa shape index (κ1) is 49.9. The quantitative estimate of drug-likeness (QED) is 0.112. The van der Waals surface area contributed by atoms with Crippen LogP contribution in [0.5, 0.6) is 0 Å². The van der Waals surface area contributed by atoms with Gasteiger partial charge in [-0.2, -0.15) is 0 Å². The number of hydrogen-bond acceptors (Lipinski definition) is 20. The number of halogens is 2. The molecule has 3 aromatic heterocycles. The number of nitrogens with one attached hydrogen (secondary N) is 1. The predicted molar refractivity (Wildman–Crippen MR) is 250 cm³/mol. The van der Waals surface area contributed by atoms with Crippen molar-refractivity contribution in [3.05, 3.63) is 69.7 Å². The fraction of sp³-hybridized carbons (Fsp3) is 0.400. The first-order valence-corrected chi connectivity index (χ1v) is 24.2. The third-order valence-corrected chi connectivity index (χ3v) is 15.4. The highest BCUT2D eigenvalue weighted by atomic mass is 79.9. The number of esters is 3. The van der Waals surface area contributed by atoms with E-state index in [2.05, 4.69) is 50.7 Å². The van der Waals surface area contributed by atoms with Gasteiger partial charge in [0.15, 0.2) is 10.3 Å². The van der Waals surface area contributed by atoms with Crippen LogP contribution >= 0.6 is 62.3 Å². The van der Waals surface area contributed by atoms with Crippen LogP contribution in [-0.2, 0) is 24.0 Å². The summed E-state index contributed by atoms with van der Waals surface area (Å²) in [5.41, 5.74) is 3.44. The molecule has 4 N–H and O–H groups in total. The summed E-state index contributed by atoms with van der Waals surface area (Å²) in [6.07, 6.45) is 1.10. The average molecular weight is 1030 g/mol. The van der Waals surface area contributed by atoms with Crippen molar-refractivity contribution in [2.45, 2.75) is 4.34 Å². The Balaban J connectivity index is 0.000000166. The molecule has 3 saturated heterocycles. The van der Waals surface area contributed by atoms with Crippen molar-refractivity contribution in [3.63, 3.8) is 0 Å². The molecule has 3 aliphatic rings. The number of ether oxygens (including phenoxy) is 3. The Kier molecular flexibility index (Phi) is 17.6. The van der Waals surface area contributed by atoms with Crippen molar-refractivity contribution in [2.75, 3.05) is 96.5 Å². The monoisotopic (exact) mass is 1030 g/mol. The Hall–Kier alpha value is -4.10. The molecule has 6 heterocycles. The molecule has 3 aromatic carbocycles. The van der Waals surface area contributed by atoms with E-state index in [1.165, 1.54) is 27.4 Å². The number of fused-ring (bicyclic) bond motifs is 3. The third-order valence-electron chi connectivity index (χ3n) is 9.87. The van der Waals surface area contributed by atoms with E-state index in [9.17, 15) is 22.8 Å². The largest absolute Gasteiger partial charge is 0.465 e. The molecule has 0 unspecified atom stereocenters. The number of anilines is 2. The maximum absolute atomic E-state index is 11.7. The molecule has 6 aromatic rings. The summed E-state index contributed by atoms with van der Waals surface area (Å²) >= 11 is 7.66. The van der Waals surface area contributed by atoms with Crippen molar-refractivity contribution in [1.29, 1.82) is 0 Å². The van der Waals surface area contributed by atoms with Gasteiger partial charge in [-0.15, -0.1) is 23.7 Å². The highest BCUT2D eigenvalue weighted by Crippen LogP contribution is 2.36.